The molecule has 0 spiro atoms. The maximum Gasteiger partial charge on any atom is 0.339 e. The third-order valence-corrected chi connectivity index (χ3v) is 2.85. The quantitative estimate of drug-likeness (QED) is 0.856. The monoisotopic (exact) mass is 250 g/mol. The minimum atomic E-state index is -1.01. The SMILES string of the molecule is Cc1nnc(CNc2ncccc2C(=O)O)s1. The predicted molar refractivity (Wildman–Crippen MR) is 63.2 cm³/mol. The lowest BCUT2D eigenvalue weighted by molar-refractivity contribution is 0.0697. The van der Waals surface area contributed by atoms with Crippen molar-refractivity contribution in [3.63, 3.8) is 0 Å². The molecule has 7 heteroatoms. The van der Waals surface area contributed by atoms with Gasteiger partial charge in [-0.05, 0) is 19.1 Å². The van der Waals surface area contributed by atoms with Crippen LogP contribution in [-0.4, -0.2) is 26.3 Å². The first-order valence-corrected chi connectivity index (χ1v) is 5.69. The number of carboxylic acids is 1. The van der Waals surface area contributed by atoms with Crippen molar-refractivity contribution in [1.29, 1.82) is 0 Å². The minimum Gasteiger partial charge on any atom is -0.478 e. The second kappa shape index (κ2) is 4.88. The average Bonchev–Trinajstić information content (AvgIpc) is 2.73. The van der Waals surface area contributed by atoms with E-state index in [0.717, 1.165) is 10.0 Å². The van der Waals surface area contributed by atoms with Crippen molar-refractivity contribution in [3.8, 4) is 0 Å². The minimum absolute atomic E-state index is 0.147. The van der Waals surface area contributed by atoms with Crippen LogP contribution in [0.3, 0.4) is 0 Å². The Kier molecular flexibility index (Phi) is 3.29. The van der Waals surface area contributed by atoms with Crippen molar-refractivity contribution in [1.82, 2.24) is 15.2 Å². The van der Waals surface area contributed by atoms with Crippen LogP contribution in [0.5, 0.6) is 0 Å². The molecule has 0 aliphatic heterocycles. The number of aromatic nitrogens is 3. The highest BCUT2D eigenvalue weighted by Gasteiger charge is 2.10. The number of carbonyl (C=O) groups is 1. The highest BCUT2D eigenvalue weighted by atomic mass is 32.1. The largest absolute Gasteiger partial charge is 0.478 e. The maximum atomic E-state index is 10.9. The van der Waals surface area contributed by atoms with Gasteiger partial charge in [0.05, 0.1) is 6.54 Å². The number of aromatic carboxylic acids is 1. The van der Waals surface area contributed by atoms with E-state index >= 15 is 0 Å². The molecule has 2 aromatic heterocycles. The Morgan fingerprint density at radius 2 is 2.35 bits per heavy atom. The van der Waals surface area contributed by atoms with E-state index in [1.165, 1.54) is 17.4 Å². The summed E-state index contributed by atoms with van der Waals surface area (Å²) in [6.45, 7) is 2.29. The Hall–Kier alpha value is -2.02. The van der Waals surface area contributed by atoms with Gasteiger partial charge in [0.15, 0.2) is 0 Å². The number of hydrogen-bond donors (Lipinski definition) is 2. The first-order valence-electron chi connectivity index (χ1n) is 4.88. The van der Waals surface area contributed by atoms with Gasteiger partial charge in [-0.1, -0.05) is 11.3 Å². The van der Waals surface area contributed by atoms with E-state index in [0.29, 0.717) is 12.4 Å². The van der Waals surface area contributed by atoms with Gasteiger partial charge in [-0.2, -0.15) is 0 Å². The molecule has 0 aliphatic rings. The third-order valence-electron chi connectivity index (χ3n) is 2.01. The fraction of sp³-hybridized carbons (Fsp3) is 0.200. The number of pyridine rings is 1. The highest BCUT2D eigenvalue weighted by Crippen LogP contribution is 2.14. The first-order chi connectivity index (χ1) is 8.16. The average molecular weight is 250 g/mol. The van der Waals surface area contributed by atoms with Crippen LogP contribution < -0.4 is 5.32 Å². The van der Waals surface area contributed by atoms with E-state index in [9.17, 15) is 4.79 Å². The predicted octanol–water partition coefficient (Wildman–Crippen LogP) is 1.55. The first kappa shape index (κ1) is 11.5. The lowest BCUT2D eigenvalue weighted by atomic mass is 10.2. The molecule has 0 saturated carbocycles. The summed E-state index contributed by atoms with van der Waals surface area (Å²) in [6, 6.07) is 3.09. The van der Waals surface area contributed by atoms with E-state index in [4.69, 9.17) is 5.11 Å². The van der Waals surface area contributed by atoms with Gasteiger partial charge in [0.1, 0.15) is 21.4 Å². The van der Waals surface area contributed by atoms with E-state index in [1.807, 2.05) is 6.92 Å². The number of rotatable bonds is 4. The highest BCUT2D eigenvalue weighted by molar-refractivity contribution is 7.11. The molecule has 0 radical (unpaired) electrons. The third kappa shape index (κ3) is 2.76. The Labute approximate surface area is 101 Å². The van der Waals surface area contributed by atoms with E-state index < -0.39 is 5.97 Å². The van der Waals surface area contributed by atoms with Crippen LogP contribution in [0.4, 0.5) is 5.82 Å². The summed E-state index contributed by atoms with van der Waals surface area (Å²) in [4.78, 5) is 14.9. The Morgan fingerprint density at radius 3 is 3.00 bits per heavy atom. The Bertz CT molecular complexity index is 541. The zero-order valence-electron chi connectivity index (χ0n) is 9.04. The second-order valence-electron chi connectivity index (χ2n) is 3.27. The van der Waals surface area contributed by atoms with Gasteiger partial charge in [-0.25, -0.2) is 9.78 Å². The molecule has 0 aromatic carbocycles. The molecule has 2 rings (SSSR count). The molecule has 0 atom stereocenters. The van der Waals surface area contributed by atoms with Crippen molar-refractivity contribution in [3.05, 3.63) is 33.9 Å². The van der Waals surface area contributed by atoms with Crippen molar-refractivity contribution < 1.29 is 9.90 Å². The van der Waals surface area contributed by atoms with E-state index in [1.54, 1.807) is 12.3 Å². The van der Waals surface area contributed by atoms with E-state index in [2.05, 4.69) is 20.5 Å². The molecule has 2 heterocycles. The summed E-state index contributed by atoms with van der Waals surface area (Å²) >= 11 is 1.46. The number of anilines is 1. The molecular weight excluding hydrogens is 240 g/mol. The second-order valence-corrected chi connectivity index (χ2v) is 4.54. The smallest absolute Gasteiger partial charge is 0.339 e. The van der Waals surface area contributed by atoms with Crippen LogP contribution in [0.1, 0.15) is 20.4 Å². The zero-order chi connectivity index (χ0) is 12.3. The molecule has 0 saturated heterocycles. The van der Waals surface area contributed by atoms with Crippen molar-refractivity contribution in [2.24, 2.45) is 0 Å². The number of nitrogens with zero attached hydrogens (tertiary/aromatic N) is 3. The van der Waals surface area contributed by atoms with Crippen LogP contribution >= 0.6 is 11.3 Å². The summed E-state index contributed by atoms with van der Waals surface area (Å²) in [5.74, 6) is -0.665. The molecule has 6 nitrogen and oxygen atoms in total. The number of carboxylic acid groups (broad SMARTS) is 1. The number of nitrogens with one attached hydrogen (secondary N) is 1. The summed E-state index contributed by atoms with van der Waals surface area (Å²) in [6.07, 6.45) is 1.54. The maximum absolute atomic E-state index is 10.9. The molecule has 17 heavy (non-hydrogen) atoms. The molecule has 0 unspecified atom stereocenters. The molecule has 88 valence electrons. The summed E-state index contributed by atoms with van der Waals surface area (Å²) in [5.41, 5.74) is 0.147. The molecule has 2 N–H and O–H groups in total. The lowest BCUT2D eigenvalue weighted by Gasteiger charge is -2.05. The Balaban J connectivity index is 2.11. The van der Waals surface area contributed by atoms with Crippen LogP contribution in [0.25, 0.3) is 0 Å². The topological polar surface area (TPSA) is 88.0 Å². The van der Waals surface area contributed by atoms with Crippen LogP contribution in [0.15, 0.2) is 18.3 Å². The van der Waals surface area contributed by atoms with Gasteiger partial charge in [-0.15, -0.1) is 10.2 Å². The molecule has 0 fully saturated rings. The summed E-state index contributed by atoms with van der Waals surface area (Å²) < 4.78 is 0. The van der Waals surface area contributed by atoms with Crippen molar-refractivity contribution >= 4 is 23.1 Å². The van der Waals surface area contributed by atoms with Crippen LogP contribution in [0.2, 0.25) is 0 Å². The fourth-order valence-electron chi connectivity index (χ4n) is 1.29. The van der Waals surface area contributed by atoms with Crippen LogP contribution in [0, 0.1) is 6.92 Å². The number of aryl methyl sites for hydroxylation is 1. The Morgan fingerprint density at radius 1 is 1.53 bits per heavy atom. The lowest BCUT2D eigenvalue weighted by Crippen LogP contribution is -2.07. The fourth-order valence-corrected chi connectivity index (χ4v) is 1.94. The number of hydrogen-bond acceptors (Lipinski definition) is 6. The summed E-state index contributed by atoms with van der Waals surface area (Å²) in [5, 5.41) is 21.4. The van der Waals surface area contributed by atoms with Gasteiger partial charge >= 0.3 is 5.97 Å². The van der Waals surface area contributed by atoms with Gasteiger partial charge in [0, 0.05) is 6.20 Å². The van der Waals surface area contributed by atoms with Gasteiger partial charge in [0.2, 0.25) is 0 Å². The molecule has 0 aliphatic carbocycles. The normalized spacial score (nSPS) is 10.2. The van der Waals surface area contributed by atoms with E-state index in [-0.39, 0.29) is 5.56 Å². The molecule has 0 bridgehead atoms. The van der Waals surface area contributed by atoms with Crippen LogP contribution in [-0.2, 0) is 6.54 Å². The standard InChI is InChI=1S/C10H10N4O2S/c1-6-13-14-8(17-6)5-12-9-7(10(15)16)3-2-4-11-9/h2-4H,5H2,1H3,(H,11,12)(H,15,16). The van der Waals surface area contributed by atoms with Crippen molar-refractivity contribution in [2.45, 2.75) is 13.5 Å². The van der Waals surface area contributed by atoms with Crippen molar-refractivity contribution in [2.75, 3.05) is 5.32 Å². The molecule has 0 amide bonds. The van der Waals surface area contributed by atoms with Gasteiger partial charge in [0.25, 0.3) is 0 Å². The van der Waals surface area contributed by atoms with Gasteiger partial charge < -0.3 is 10.4 Å². The molecular formula is C10H10N4O2S. The zero-order valence-corrected chi connectivity index (χ0v) is 9.86. The molecule has 2 aromatic rings. The van der Waals surface area contributed by atoms with Gasteiger partial charge in [-0.3, -0.25) is 0 Å². The summed E-state index contributed by atoms with van der Waals surface area (Å²) in [7, 11) is 0.